The second kappa shape index (κ2) is 11.0. The molecule has 2 aliphatic rings. The molecule has 1 N–H and O–H groups in total. The molecule has 0 atom stereocenters. The molecule has 2 aliphatic heterocycles. The Morgan fingerprint density at radius 1 is 1.22 bits per heavy atom. The van der Waals surface area contributed by atoms with Gasteiger partial charge in [0.15, 0.2) is 5.96 Å². The zero-order valence-corrected chi connectivity index (χ0v) is 16.3. The van der Waals surface area contributed by atoms with Gasteiger partial charge in [0.1, 0.15) is 0 Å². The monoisotopic (exact) mass is 376 g/mol. The van der Waals surface area contributed by atoms with Gasteiger partial charge in [-0.1, -0.05) is 0 Å². The van der Waals surface area contributed by atoms with Gasteiger partial charge in [-0.15, -0.1) is 0 Å². The van der Waals surface area contributed by atoms with Crippen molar-refractivity contribution in [2.24, 2.45) is 10.9 Å². The van der Waals surface area contributed by atoms with Gasteiger partial charge in [-0.2, -0.15) is 0 Å². The van der Waals surface area contributed by atoms with Gasteiger partial charge in [-0.25, -0.2) is 9.97 Å². The molecule has 0 aliphatic carbocycles. The van der Waals surface area contributed by atoms with Crippen molar-refractivity contribution < 1.29 is 9.47 Å². The number of aliphatic imine (C=N–C) groups is 1. The van der Waals surface area contributed by atoms with E-state index in [-0.39, 0.29) is 0 Å². The molecule has 8 nitrogen and oxygen atoms in total. The Kier molecular flexibility index (Phi) is 8.10. The van der Waals surface area contributed by atoms with E-state index in [2.05, 4.69) is 30.1 Å². The molecule has 3 heterocycles. The lowest BCUT2D eigenvalue weighted by molar-refractivity contribution is 0.0203. The van der Waals surface area contributed by atoms with Gasteiger partial charge in [-0.3, -0.25) is 4.99 Å². The van der Waals surface area contributed by atoms with Crippen LogP contribution in [-0.2, 0) is 9.47 Å². The predicted molar refractivity (Wildman–Crippen MR) is 106 cm³/mol. The molecule has 0 amide bonds. The minimum Gasteiger partial charge on any atom is -0.381 e. The number of nitrogens with zero attached hydrogens (tertiary/aromatic N) is 5. The normalized spacial score (nSPS) is 19.4. The molecular weight excluding hydrogens is 344 g/mol. The Labute approximate surface area is 162 Å². The van der Waals surface area contributed by atoms with E-state index in [0.717, 1.165) is 90.3 Å². The molecule has 1 aromatic heterocycles. The van der Waals surface area contributed by atoms with Gasteiger partial charge in [0.25, 0.3) is 0 Å². The molecular formula is C19H32N6O2. The smallest absolute Gasteiger partial charge is 0.225 e. The third-order valence-electron chi connectivity index (χ3n) is 5.07. The van der Waals surface area contributed by atoms with Crippen molar-refractivity contribution in [3.8, 4) is 0 Å². The fraction of sp³-hybridized carbons (Fsp3) is 0.737. The number of guanidine groups is 1. The topological polar surface area (TPSA) is 75.1 Å². The standard InChI is InChI=1S/C19H32N6O2/c1-20-18(21-8-3-13-27-16-17-4-14-26-15-5-17)24-9-11-25(12-10-24)19-22-6-2-7-23-19/h2,6-7,17H,3-5,8-16H2,1H3,(H,20,21). The van der Waals surface area contributed by atoms with Crippen LogP contribution in [0, 0.1) is 5.92 Å². The zero-order chi connectivity index (χ0) is 18.7. The molecule has 0 bridgehead atoms. The van der Waals surface area contributed by atoms with E-state index in [1.165, 1.54) is 0 Å². The summed E-state index contributed by atoms with van der Waals surface area (Å²) < 4.78 is 11.2. The summed E-state index contributed by atoms with van der Waals surface area (Å²) in [4.78, 5) is 17.6. The summed E-state index contributed by atoms with van der Waals surface area (Å²) >= 11 is 0. The summed E-state index contributed by atoms with van der Waals surface area (Å²) in [6.07, 6.45) is 6.83. The van der Waals surface area contributed by atoms with Crippen LogP contribution in [0.15, 0.2) is 23.5 Å². The second-order valence-corrected chi connectivity index (χ2v) is 6.98. The molecule has 3 rings (SSSR count). The third kappa shape index (κ3) is 6.32. The molecule has 0 unspecified atom stereocenters. The van der Waals surface area contributed by atoms with Crippen molar-refractivity contribution >= 4 is 11.9 Å². The lowest BCUT2D eigenvalue weighted by atomic mass is 10.0. The molecule has 2 fully saturated rings. The quantitative estimate of drug-likeness (QED) is 0.432. The first-order valence-corrected chi connectivity index (χ1v) is 10.00. The lowest BCUT2D eigenvalue weighted by Crippen LogP contribution is -2.53. The van der Waals surface area contributed by atoms with Gasteiger partial charge >= 0.3 is 0 Å². The first-order chi connectivity index (χ1) is 13.4. The van der Waals surface area contributed by atoms with E-state index in [1.54, 1.807) is 12.4 Å². The predicted octanol–water partition coefficient (Wildman–Crippen LogP) is 1.01. The van der Waals surface area contributed by atoms with E-state index < -0.39 is 0 Å². The average molecular weight is 377 g/mol. The highest BCUT2D eigenvalue weighted by molar-refractivity contribution is 5.80. The van der Waals surface area contributed by atoms with Crippen molar-refractivity contribution in [3.05, 3.63) is 18.5 Å². The first-order valence-electron chi connectivity index (χ1n) is 10.00. The Morgan fingerprint density at radius 2 is 1.96 bits per heavy atom. The van der Waals surface area contributed by atoms with E-state index in [1.807, 2.05) is 13.1 Å². The van der Waals surface area contributed by atoms with Crippen LogP contribution in [0.2, 0.25) is 0 Å². The maximum Gasteiger partial charge on any atom is 0.225 e. The van der Waals surface area contributed by atoms with Crippen molar-refractivity contribution in [3.63, 3.8) is 0 Å². The van der Waals surface area contributed by atoms with E-state index in [9.17, 15) is 0 Å². The van der Waals surface area contributed by atoms with Crippen LogP contribution in [-0.4, -0.2) is 87.0 Å². The van der Waals surface area contributed by atoms with Gasteiger partial charge < -0.3 is 24.6 Å². The Balaban J connectivity index is 1.29. The number of anilines is 1. The summed E-state index contributed by atoms with van der Waals surface area (Å²) in [6.45, 7) is 7.93. The minimum absolute atomic E-state index is 0.671. The maximum atomic E-state index is 5.83. The number of nitrogens with one attached hydrogen (secondary N) is 1. The molecule has 0 aromatic carbocycles. The SMILES string of the molecule is CN=C(NCCCOCC1CCOCC1)N1CCN(c2ncccn2)CC1. The number of rotatable bonds is 7. The van der Waals surface area contributed by atoms with Crippen molar-refractivity contribution in [2.75, 3.05) is 71.1 Å². The van der Waals surface area contributed by atoms with Crippen LogP contribution in [0.5, 0.6) is 0 Å². The largest absolute Gasteiger partial charge is 0.381 e. The lowest BCUT2D eigenvalue weighted by Gasteiger charge is -2.36. The van der Waals surface area contributed by atoms with Crippen LogP contribution >= 0.6 is 0 Å². The van der Waals surface area contributed by atoms with Gasteiger partial charge in [0.05, 0.1) is 0 Å². The highest BCUT2D eigenvalue weighted by Gasteiger charge is 2.20. The summed E-state index contributed by atoms with van der Waals surface area (Å²) in [5.41, 5.74) is 0. The van der Waals surface area contributed by atoms with E-state index >= 15 is 0 Å². The molecule has 0 spiro atoms. The van der Waals surface area contributed by atoms with Crippen LogP contribution in [0.25, 0.3) is 0 Å². The van der Waals surface area contributed by atoms with Crippen molar-refractivity contribution in [1.29, 1.82) is 0 Å². The van der Waals surface area contributed by atoms with Gasteiger partial charge in [-0.05, 0) is 31.2 Å². The molecule has 27 heavy (non-hydrogen) atoms. The van der Waals surface area contributed by atoms with Crippen LogP contribution < -0.4 is 10.2 Å². The maximum absolute atomic E-state index is 5.83. The molecule has 150 valence electrons. The number of aromatic nitrogens is 2. The number of piperazine rings is 1. The number of hydrogen-bond donors (Lipinski definition) is 1. The number of ether oxygens (including phenoxy) is 2. The fourth-order valence-corrected chi connectivity index (χ4v) is 3.44. The number of hydrogen-bond acceptors (Lipinski definition) is 6. The molecule has 0 radical (unpaired) electrons. The summed E-state index contributed by atoms with van der Waals surface area (Å²) in [6, 6.07) is 1.85. The Bertz CT molecular complexity index is 557. The van der Waals surface area contributed by atoms with E-state index in [4.69, 9.17) is 9.47 Å². The second-order valence-electron chi connectivity index (χ2n) is 6.98. The highest BCUT2D eigenvalue weighted by Crippen LogP contribution is 2.14. The van der Waals surface area contributed by atoms with Crippen molar-refractivity contribution in [2.45, 2.75) is 19.3 Å². The summed E-state index contributed by atoms with van der Waals surface area (Å²) in [5.74, 6) is 2.44. The fourth-order valence-electron chi connectivity index (χ4n) is 3.44. The van der Waals surface area contributed by atoms with Gasteiger partial charge in [0, 0.05) is 78.6 Å². The minimum atomic E-state index is 0.671. The summed E-state index contributed by atoms with van der Waals surface area (Å²) in [5, 5.41) is 3.46. The van der Waals surface area contributed by atoms with Crippen LogP contribution in [0.1, 0.15) is 19.3 Å². The molecule has 8 heteroatoms. The Hall–Kier alpha value is -1.93. The zero-order valence-electron chi connectivity index (χ0n) is 16.3. The highest BCUT2D eigenvalue weighted by atomic mass is 16.5. The molecule has 0 saturated carbocycles. The average Bonchev–Trinajstić information content (AvgIpc) is 2.75. The molecule has 2 saturated heterocycles. The van der Waals surface area contributed by atoms with Crippen LogP contribution in [0.3, 0.4) is 0 Å². The summed E-state index contributed by atoms with van der Waals surface area (Å²) in [7, 11) is 1.84. The Morgan fingerprint density at radius 3 is 2.67 bits per heavy atom. The van der Waals surface area contributed by atoms with Gasteiger partial charge in [0.2, 0.25) is 5.95 Å². The van der Waals surface area contributed by atoms with E-state index in [0.29, 0.717) is 5.92 Å². The third-order valence-corrected chi connectivity index (χ3v) is 5.07. The van der Waals surface area contributed by atoms with Crippen molar-refractivity contribution in [1.82, 2.24) is 20.2 Å². The first kappa shape index (κ1) is 19.8. The van der Waals surface area contributed by atoms with Crippen LogP contribution in [0.4, 0.5) is 5.95 Å². The molecule has 1 aromatic rings.